The average molecular weight is 610 g/mol. The van der Waals surface area contributed by atoms with Crippen molar-refractivity contribution in [1.29, 1.82) is 0 Å². The Kier molecular flexibility index (Phi) is 11.2. The van der Waals surface area contributed by atoms with E-state index < -0.39 is 21.9 Å². The molecular formula is C33H40FN3O5S. The van der Waals surface area contributed by atoms with Crippen LogP contribution in [0.15, 0.2) is 78.9 Å². The second-order valence-corrected chi connectivity index (χ2v) is 12.9. The fourth-order valence-electron chi connectivity index (χ4n) is 5.53. The van der Waals surface area contributed by atoms with Gasteiger partial charge in [0.1, 0.15) is 17.6 Å². The first-order chi connectivity index (χ1) is 20.7. The topological polar surface area (TPSA) is 96.0 Å². The second-order valence-electron chi connectivity index (χ2n) is 11.0. The van der Waals surface area contributed by atoms with Crippen molar-refractivity contribution in [3.05, 3.63) is 95.8 Å². The summed E-state index contributed by atoms with van der Waals surface area (Å²) in [5.74, 6) is -0.539. The van der Waals surface area contributed by atoms with E-state index in [1.807, 2.05) is 54.6 Å². The highest BCUT2D eigenvalue weighted by Gasteiger charge is 2.32. The smallest absolute Gasteiger partial charge is 0.243 e. The zero-order chi connectivity index (χ0) is 30.8. The van der Waals surface area contributed by atoms with Crippen molar-refractivity contribution in [2.75, 3.05) is 24.2 Å². The minimum absolute atomic E-state index is 0.0353. The van der Waals surface area contributed by atoms with Gasteiger partial charge in [0.2, 0.25) is 21.8 Å². The Morgan fingerprint density at radius 2 is 1.65 bits per heavy atom. The first-order valence-electron chi connectivity index (χ1n) is 14.6. The Labute approximate surface area is 253 Å². The summed E-state index contributed by atoms with van der Waals surface area (Å²) in [5.41, 5.74) is 1.65. The monoisotopic (exact) mass is 609 g/mol. The molecule has 0 aliphatic heterocycles. The number of amides is 2. The lowest BCUT2D eigenvalue weighted by Gasteiger charge is -2.33. The molecule has 1 N–H and O–H groups in total. The van der Waals surface area contributed by atoms with Crippen LogP contribution in [0.3, 0.4) is 0 Å². The second kappa shape index (κ2) is 15.0. The first-order valence-corrected chi connectivity index (χ1v) is 16.5. The Balaban J connectivity index is 1.60. The average Bonchev–Trinajstić information content (AvgIpc) is 3.50. The van der Waals surface area contributed by atoms with Crippen LogP contribution in [-0.4, -0.2) is 57.1 Å². The number of rotatable bonds is 14. The van der Waals surface area contributed by atoms with Crippen LogP contribution < -0.4 is 14.4 Å². The first kappa shape index (κ1) is 32.0. The summed E-state index contributed by atoms with van der Waals surface area (Å²) < 4.78 is 46.0. The third-order valence-electron chi connectivity index (χ3n) is 7.73. The van der Waals surface area contributed by atoms with Crippen LogP contribution in [0.2, 0.25) is 0 Å². The molecule has 1 aliphatic carbocycles. The minimum Gasteiger partial charge on any atom is -0.497 e. The van der Waals surface area contributed by atoms with Gasteiger partial charge in [0.05, 0.1) is 19.1 Å². The third kappa shape index (κ3) is 9.03. The Bertz CT molecular complexity index is 1480. The summed E-state index contributed by atoms with van der Waals surface area (Å²) in [6.45, 7) is 0.0743. The number of ether oxygens (including phenoxy) is 1. The van der Waals surface area contributed by atoms with Gasteiger partial charge >= 0.3 is 0 Å². The molecule has 230 valence electrons. The van der Waals surface area contributed by atoms with Gasteiger partial charge in [-0.15, -0.1) is 0 Å². The molecule has 2 amide bonds. The number of carbonyl (C=O) groups excluding carboxylic acids is 2. The van der Waals surface area contributed by atoms with E-state index in [4.69, 9.17) is 4.74 Å². The molecule has 0 aromatic heterocycles. The van der Waals surface area contributed by atoms with Gasteiger partial charge in [-0.25, -0.2) is 12.8 Å². The molecule has 10 heteroatoms. The number of para-hydroxylation sites is 1. The summed E-state index contributed by atoms with van der Waals surface area (Å²) in [6.07, 6.45) is 5.36. The number of hydrogen-bond acceptors (Lipinski definition) is 5. The van der Waals surface area contributed by atoms with Gasteiger partial charge in [-0.2, -0.15) is 0 Å². The molecule has 43 heavy (non-hydrogen) atoms. The van der Waals surface area contributed by atoms with Crippen LogP contribution in [0, 0.1) is 5.82 Å². The van der Waals surface area contributed by atoms with Gasteiger partial charge in [0, 0.05) is 32.0 Å². The van der Waals surface area contributed by atoms with E-state index in [9.17, 15) is 22.4 Å². The van der Waals surface area contributed by atoms with E-state index in [1.54, 1.807) is 18.1 Å². The van der Waals surface area contributed by atoms with Crippen molar-refractivity contribution >= 4 is 27.5 Å². The maximum atomic E-state index is 14.5. The lowest BCUT2D eigenvalue weighted by molar-refractivity contribution is -0.141. The zero-order valence-corrected chi connectivity index (χ0v) is 25.6. The van der Waals surface area contributed by atoms with Gasteiger partial charge < -0.3 is 15.0 Å². The number of nitrogens with one attached hydrogen (secondary N) is 1. The van der Waals surface area contributed by atoms with Crippen LogP contribution in [0.1, 0.15) is 49.7 Å². The maximum Gasteiger partial charge on any atom is 0.243 e. The van der Waals surface area contributed by atoms with Crippen molar-refractivity contribution in [3.63, 3.8) is 0 Å². The standard InChI is InChI=1S/C33H40FN3O5S/c1-42-28-17-10-14-26(22-28)24-36(31(23-25-12-4-3-5-13-25)33(39)35-27-15-6-7-16-27)32(38)20-11-21-37(43(2,40)41)30-19-9-8-18-29(30)34/h3-5,8-10,12-14,17-19,22,27,31H,6-7,11,15-16,20-21,23-24H2,1-2H3,(H,35,39)/t31-/m1/s1. The molecule has 0 spiro atoms. The van der Waals surface area contributed by atoms with Crippen LogP contribution >= 0.6 is 0 Å². The van der Waals surface area contributed by atoms with Gasteiger partial charge in [0.25, 0.3) is 0 Å². The van der Waals surface area contributed by atoms with Crippen LogP contribution in [0.5, 0.6) is 5.75 Å². The highest BCUT2D eigenvalue weighted by atomic mass is 32.2. The summed E-state index contributed by atoms with van der Waals surface area (Å²) in [7, 11) is -2.24. The van der Waals surface area contributed by atoms with E-state index >= 15 is 0 Å². The van der Waals surface area contributed by atoms with Crippen LogP contribution in [0.4, 0.5) is 10.1 Å². The largest absolute Gasteiger partial charge is 0.497 e. The lowest BCUT2D eigenvalue weighted by atomic mass is 10.0. The van der Waals surface area contributed by atoms with E-state index in [0.29, 0.717) is 12.2 Å². The summed E-state index contributed by atoms with van der Waals surface area (Å²) in [4.78, 5) is 29.4. The van der Waals surface area contributed by atoms with Crippen molar-refractivity contribution in [2.45, 2.75) is 63.6 Å². The van der Waals surface area contributed by atoms with Crippen molar-refractivity contribution in [3.8, 4) is 5.75 Å². The molecule has 0 saturated heterocycles. The Morgan fingerprint density at radius 1 is 0.977 bits per heavy atom. The number of hydrogen-bond donors (Lipinski definition) is 1. The Hall–Kier alpha value is -3.92. The number of halogens is 1. The molecule has 0 radical (unpaired) electrons. The number of sulfonamides is 1. The molecule has 8 nitrogen and oxygen atoms in total. The quantitative estimate of drug-likeness (QED) is 0.275. The lowest BCUT2D eigenvalue weighted by Crippen LogP contribution is -2.52. The molecule has 1 saturated carbocycles. The van der Waals surface area contributed by atoms with Gasteiger partial charge in [0.15, 0.2) is 0 Å². The number of anilines is 1. The highest BCUT2D eigenvalue weighted by molar-refractivity contribution is 7.92. The molecule has 0 heterocycles. The van der Waals surface area contributed by atoms with Crippen molar-refractivity contribution < 1.29 is 27.1 Å². The molecule has 1 fully saturated rings. The molecule has 4 rings (SSSR count). The molecule has 1 atom stereocenters. The summed E-state index contributed by atoms with van der Waals surface area (Å²) in [6, 6.07) is 21.9. The van der Waals surface area contributed by atoms with E-state index in [2.05, 4.69) is 5.32 Å². The van der Waals surface area contributed by atoms with Gasteiger partial charge in [-0.3, -0.25) is 13.9 Å². The summed E-state index contributed by atoms with van der Waals surface area (Å²) in [5, 5.41) is 3.18. The van der Waals surface area contributed by atoms with E-state index in [0.717, 1.165) is 47.4 Å². The Morgan fingerprint density at radius 3 is 2.33 bits per heavy atom. The normalized spacial score (nSPS) is 14.2. The van der Waals surface area contributed by atoms with Crippen molar-refractivity contribution in [2.24, 2.45) is 0 Å². The van der Waals surface area contributed by atoms with Crippen molar-refractivity contribution in [1.82, 2.24) is 10.2 Å². The fourth-order valence-corrected chi connectivity index (χ4v) is 6.49. The number of benzene rings is 3. The predicted octanol–water partition coefficient (Wildman–Crippen LogP) is 5.08. The molecule has 0 bridgehead atoms. The van der Waals surface area contributed by atoms with Gasteiger partial charge in [-0.1, -0.05) is 67.4 Å². The SMILES string of the molecule is COc1cccc(CN(C(=O)CCCN(c2ccccc2F)S(C)(=O)=O)[C@H](Cc2ccccc2)C(=O)NC2CCCC2)c1. The third-order valence-corrected chi connectivity index (χ3v) is 8.91. The zero-order valence-electron chi connectivity index (χ0n) is 24.7. The maximum absolute atomic E-state index is 14.5. The predicted molar refractivity (Wildman–Crippen MR) is 166 cm³/mol. The number of methoxy groups -OCH3 is 1. The van der Waals surface area contributed by atoms with Crippen LogP contribution in [0.25, 0.3) is 0 Å². The molecule has 1 aliphatic rings. The van der Waals surface area contributed by atoms with E-state index in [1.165, 1.54) is 18.2 Å². The highest BCUT2D eigenvalue weighted by Crippen LogP contribution is 2.24. The van der Waals surface area contributed by atoms with Crippen LogP contribution in [-0.2, 0) is 32.6 Å². The molecule has 3 aromatic carbocycles. The molecular weight excluding hydrogens is 569 g/mol. The summed E-state index contributed by atoms with van der Waals surface area (Å²) >= 11 is 0. The minimum atomic E-state index is -3.81. The number of nitrogens with zero attached hydrogens (tertiary/aromatic N) is 2. The number of carbonyl (C=O) groups is 2. The molecule has 0 unspecified atom stereocenters. The van der Waals surface area contributed by atoms with Gasteiger partial charge in [-0.05, 0) is 54.7 Å². The van der Waals surface area contributed by atoms with E-state index in [-0.39, 0.29) is 49.5 Å². The molecule has 3 aromatic rings. The fraction of sp³-hybridized carbons (Fsp3) is 0.394.